The van der Waals surface area contributed by atoms with Gasteiger partial charge in [0.05, 0.1) is 6.33 Å². The Morgan fingerprint density at radius 1 is 1.20 bits per heavy atom. The number of ether oxygens (including phenoxy) is 1. The number of carbonyl (C=O) groups excluding carboxylic acids is 1. The van der Waals surface area contributed by atoms with Gasteiger partial charge in [0.25, 0.3) is 5.91 Å². The molecule has 8 heteroatoms. The monoisotopic (exact) mass is 403 g/mol. The van der Waals surface area contributed by atoms with Gasteiger partial charge in [0, 0.05) is 36.2 Å². The van der Waals surface area contributed by atoms with Gasteiger partial charge in [-0.15, -0.1) is 0 Å². The lowest BCUT2D eigenvalue weighted by Crippen LogP contribution is -2.25. The molecule has 0 radical (unpaired) electrons. The zero-order valence-electron chi connectivity index (χ0n) is 13.5. The molecule has 1 N–H and O–H groups in total. The average molecular weight is 404 g/mol. The second-order valence-corrected chi connectivity index (χ2v) is 6.29. The molecule has 25 heavy (non-hydrogen) atoms. The van der Waals surface area contributed by atoms with Crippen LogP contribution in [0.25, 0.3) is 0 Å². The molecule has 0 aliphatic heterocycles. The number of carbonyl (C=O) groups is 1. The fourth-order valence-electron chi connectivity index (χ4n) is 2.20. The molecule has 0 spiro atoms. The number of imidazole rings is 1. The minimum absolute atomic E-state index is 0.187. The Kier molecular flexibility index (Phi) is 5.84. The van der Waals surface area contributed by atoms with E-state index in [1.165, 1.54) is 0 Å². The quantitative estimate of drug-likeness (QED) is 0.586. The minimum Gasteiger partial charge on any atom is -0.471 e. The zero-order chi connectivity index (χ0) is 17.5. The van der Waals surface area contributed by atoms with Gasteiger partial charge < -0.3 is 14.6 Å². The SMILES string of the molecule is O=C(NCCCn1ccnc1)c1ccn(COc2ccc(Br)cc2)n1. The summed E-state index contributed by atoms with van der Waals surface area (Å²) in [6.45, 7) is 1.64. The van der Waals surface area contributed by atoms with E-state index < -0.39 is 0 Å². The fraction of sp³-hybridized carbons (Fsp3) is 0.235. The van der Waals surface area contributed by atoms with Crippen LogP contribution in [-0.2, 0) is 13.3 Å². The number of nitrogens with zero attached hydrogens (tertiary/aromatic N) is 4. The summed E-state index contributed by atoms with van der Waals surface area (Å²) in [6, 6.07) is 9.21. The van der Waals surface area contributed by atoms with E-state index in [2.05, 4.69) is 31.3 Å². The molecule has 7 nitrogen and oxygen atoms in total. The van der Waals surface area contributed by atoms with Crippen LogP contribution in [0.3, 0.4) is 0 Å². The Morgan fingerprint density at radius 3 is 2.80 bits per heavy atom. The van der Waals surface area contributed by atoms with Gasteiger partial charge in [-0.2, -0.15) is 5.10 Å². The maximum Gasteiger partial charge on any atom is 0.271 e. The number of hydrogen-bond acceptors (Lipinski definition) is 4. The number of nitrogens with one attached hydrogen (secondary N) is 1. The normalized spacial score (nSPS) is 10.6. The first-order valence-corrected chi connectivity index (χ1v) is 8.66. The number of hydrogen-bond donors (Lipinski definition) is 1. The third-order valence-corrected chi connectivity index (χ3v) is 4.02. The van der Waals surface area contributed by atoms with Crippen LogP contribution < -0.4 is 10.1 Å². The molecule has 0 fully saturated rings. The molecule has 0 unspecified atom stereocenters. The maximum atomic E-state index is 12.1. The summed E-state index contributed by atoms with van der Waals surface area (Å²) in [5, 5.41) is 7.09. The van der Waals surface area contributed by atoms with Crippen LogP contribution in [0.4, 0.5) is 0 Å². The van der Waals surface area contributed by atoms with Gasteiger partial charge in [-0.3, -0.25) is 4.79 Å². The number of aromatic nitrogens is 4. The molecule has 0 saturated heterocycles. The highest BCUT2D eigenvalue weighted by atomic mass is 79.9. The van der Waals surface area contributed by atoms with E-state index in [4.69, 9.17) is 4.74 Å². The topological polar surface area (TPSA) is 74.0 Å². The summed E-state index contributed by atoms with van der Waals surface area (Å²) >= 11 is 3.38. The first-order chi connectivity index (χ1) is 12.2. The number of aryl methyl sites for hydroxylation is 1. The number of rotatable bonds is 8. The van der Waals surface area contributed by atoms with Crippen molar-refractivity contribution >= 4 is 21.8 Å². The smallest absolute Gasteiger partial charge is 0.271 e. The van der Waals surface area contributed by atoms with Crippen molar-refractivity contribution in [3.8, 4) is 5.75 Å². The molecule has 0 bridgehead atoms. The van der Waals surface area contributed by atoms with Crippen LogP contribution in [0.1, 0.15) is 16.9 Å². The van der Waals surface area contributed by atoms with Gasteiger partial charge in [-0.05, 0) is 36.8 Å². The lowest BCUT2D eigenvalue weighted by atomic mass is 10.3. The van der Waals surface area contributed by atoms with Crippen molar-refractivity contribution in [1.29, 1.82) is 0 Å². The molecule has 0 aliphatic rings. The lowest BCUT2D eigenvalue weighted by molar-refractivity contribution is 0.0945. The van der Waals surface area contributed by atoms with Gasteiger partial charge in [0.15, 0.2) is 6.73 Å². The minimum atomic E-state index is -0.187. The van der Waals surface area contributed by atoms with E-state index in [1.54, 1.807) is 29.5 Å². The standard InChI is InChI=1S/C17H18BrN5O2/c18-14-2-4-15(5-3-14)25-13-23-10-6-16(21-23)17(24)20-7-1-9-22-11-8-19-12-22/h2-6,8,10-12H,1,7,9,13H2,(H,20,24). The molecule has 0 saturated carbocycles. The van der Waals surface area contributed by atoms with Crippen molar-refractivity contribution in [1.82, 2.24) is 24.6 Å². The summed E-state index contributed by atoms with van der Waals surface area (Å²) < 4.78 is 10.2. The highest BCUT2D eigenvalue weighted by Crippen LogP contribution is 2.16. The number of amides is 1. The van der Waals surface area contributed by atoms with Crippen molar-refractivity contribution < 1.29 is 9.53 Å². The Hall–Kier alpha value is -2.61. The van der Waals surface area contributed by atoms with Crippen molar-refractivity contribution in [2.45, 2.75) is 19.7 Å². The zero-order valence-corrected chi connectivity index (χ0v) is 15.1. The van der Waals surface area contributed by atoms with E-state index in [-0.39, 0.29) is 12.6 Å². The molecule has 2 heterocycles. The summed E-state index contributed by atoms with van der Waals surface area (Å²) in [6.07, 6.45) is 7.94. The van der Waals surface area contributed by atoms with Gasteiger partial charge in [-0.25, -0.2) is 9.67 Å². The first kappa shape index (κ1) is 17.2. The molecular weight excluding hydrogens is 386 g/mol. The van der Waals surface area contributed by atoms with Crippen LogP contribution in [0.2, 0.25) is 0 Å². The van der Waals surface area contributed by atoms with E-state index >= 15 is 0 Å². The van der Waals surface area contributed by atoms with E-state index in [1.807, 2.05) is 35.0 Å². The van der Waals surface area contributed by atoms with E-state index in [0.717, 1.165) is 23.2 Å². The fourth-order valence-corrected chi connectivity index (χ4v) is 2.46. The van der Waals surface area contributed by atoms with Crippen molar-refractivity contribution in [2.75, 3.05) is 6.54 Å². The highest BCUT2D eigenvalue weighted by molar-refractivity contribution is 9.10. The Labute approximate surface area is 153 Å². The highest BCUT2D eigenvalue weighted by Gasteiger charge is 2.09. The van der Waals surface area contributed by atoms with E-state index in [9.17, 15) is 4.79 Å². The summed E-state index contributed by atoms with van der Waals surface area (Å²) in [7, 11) is 0. The largest absolute Gasteiger partial charge is 0.471 e. The van der Waals surface area contributed by atoms with Gasteiger partial charge >= 0.3 is 0 Å². The summed E-state index contributed by atoms with van der Waals surface area (Å²) in [4.78, 5) is 16.1. The molecular formula is C17H18BrN5O2. The van der Waals surface area contributed by atoms with Gasteiger partial charge in [0.1, 0.15) is 11.4 Å². The Morgan fingerprint density at radius 2 is 2.04 bits per heavy atom. The van der Waals surface area contributed by atoms with Crippen molar-refractivity contribution in [2.24, 2.45) is 0 Å². The molecule has 1 amide bonds. The van der Waals surface area contributed by atoms with E-state index in [0.29, 0.717) is 12.2 Å². The number of halogens is 1. The third kappa shape index (κ3) is 5.18. The Balaban J connectivity index is 1.42. The molecule has 130 valence electrons. The second kappa shape index (κ2) is 8.48. The van der Waals surface area contributed by atoms with Crippen LogP contribution in [-0.4, -0.2) is 31.8 Å². The van der Waals surface area contributed by atoms with Crippen molar-refractivity contribution in [3.05, 3.63) is 65.4 Å². The predicted octanol–water partition coefficient (Wildman–Crippen LogP) is 2.70. The second-order valence-electron chi connectivity index (χ2n) is 5.38. The molecule has 3 rings (SSSR count). The molecule has 3 aromatic rings. The van der Waals surface area contributed by atoms with Crippen molar-refractivity contribution in [3.63, 3.8) is 0 Å². The molecule has 0 atom stereocenters. The average Bonchev–Trinajstić information content (AvgIpc) is 3.30. The van der Waals surface area contributed by atoms with Gasteiger partial charge in [0.2, 0.25) is 0 Å². The number of benzene rings is 1. The van der Waals surface area contributed by atoms with Gasteiger partial charge in [-0.1, -0.05) is 15.9 Å². The molecule has 2 aromatic heterocycles. The third-order valence-electron chi connectivity index (χ3n) is 3.49. The maximum absolute atomic E-state index is 12.1. The molecule has 0 aliphatic carbocycles. The van der Waals surface area contributed by atoms with Crippen LogP contribution in [0, 0.1) is 0 Å². The van der Waals surface area contributed by atoms with Crippen LogP contribution in [0.15, 0.2) is 59.7 Å². The Bertz CT molecular complexity index is 799. The first-order valence-electron chi connectivity index (χ1n) is 7.86. The predicted molar refractivity (Wildman–Crippen MR) is 96.2 cm³/mol. The molecule has 1 aromatic carbocycles. The summed E-state index contributed by atoms with van der Waals surface area (Å²) in [5.74, 6) is 0.553. The lowest BCUT2D eigenvalue weighted by Gasteiger charge is -2.06. The van der Waals surface area contributed by atoms with Crippen LogP contribution in [0.5, 0.6) is 5.75 Å². The summed E-state index contributed by atoms with van der Waals surface area (Å²) in [5.41, 5.74) is 0.377. The van der Waals surface area contributed by atoms with Crippen LogP contribution >= 0.6 is 15.9 Å².